The van der Waals surface area contributed by atoms with Crippen LogP contribution in [-0.2, 0) is 4.79 Å². The topological polar surface area (TPSA) is 37.3 Å². The Bertz CT molecular complexity index is 222. The molecule has 0 unspecified atom stereocenters. The van der Waals surface area contributed by atoms with Crippen molar-refractivity contribution in [2.45, 2.75) is 18.0 Å². The fourth-order valence-electron chi connectivity index (χ4n) is 0.312. The third kappa shape index (κ3) is 2.63. The molecule has 0 spiro atoms. The Morgan fingerprint density at radius 2 is 1.21 bits per heavy atom. The molecule has 0 aromatic rings. The second kappa shape index (κ2) is 4.40. The molecule has 0 heterocycles. The van der Waals surface area contributed by atoms with Gasteiger partial charge in [0.1, 0.15) is 0 Å². The van der Waals surface area contributed by atoms with Crippen molar-refractivity contribution in [2.24, 2.45) is 0 Å². The number of halogens is 7. The Kier molecular flexibility index (Phi) is 5.23. The molecule has 2 nitrogen and oxygen atoms in total. The van der Waals surface area contributed by atoms with E-state index in [0.717, 1.165) is 0 Å². The molecule has 82 valence electrons. The van der Waals surface area contributed by atoms with Gasteiger partial charge in [-0.2, -0.15) is 30.7 Å². The Morgan fingerprint density at radius 3 is 1.29 bits per heavy atom. The first kappa shape index (κ1) is 16.7. The Balaban J connectivity index is 0. The minimum absolute atomic E-state index is 0. The monoisotopic (exact) mass is 256 g/mol. The van der Waals surface area contributed by atoms with Crippen LogP contribution in [0.15, 0.2) is 0 Å². The molecular formula is C4H3CaF7O2. The molecule has 0 aliphatic carbocycles. The van der Waals surface area contributed by atoms with Crippen molar-refractivity contribution in [3.05, 3.63) is 0 Å². The Hall–Kier alpha value is 0.240. The molecule has 0 radical (unpaired) electrons. The normalized spacial score (nSPS) is 13.4. The van der Waals surface area contributed by atoms with E-state index < -0.39 is 24.0 Å². The molecule has 0 aromatic carbocycles. The number of alkyl halides is 7. The number of hydrogen-bond donors (Lipinski definition) is 1. The van der Waals surface area contributed by atoms with Crippen molar-refractivity contribution in [3.63, 3.8) is 0 Å². The molecule has 0 fully saturated rings. The molecule has 14 heavy (non-hydrogen) atoms. The summed E-state index contributed by atoms with van der Waals surface area (Å²) in [6, 6.07) is 0. The summed E-state index contributed by atoms with van der Waals surface area (Å²) in [4.78, 5) is 9.38. The van der Waals surface area contributed by atoms with Gasteiger partial charge in [-0.3, -0.25) is 0 Å². The molecular weight excluding hydrogens is 253 g/mol. The van der Waals surface area contributed by atoms with Gasteiger partial charge >= 0.3 is 61.7 Å². The molecule has 0 aliphatic heterocycles. The number of carboxylic acid groups (broad SMARTS) is 1. The zero-order valence-corrected chi connectivity index (χ0v) is 5.50. The van der Waals surface area contributed by atoms with E-state index in [0.29, 0.717) is 0 Å². The fraction of sp³-hybridized carbons (Fsp3) is 0.750. The van der Waals surface area contributed by atoms with Crippen molar-refractivity contribution in [1.82, 2.24) is 0 Å². The van der Waals surface area contributed by atoms with Gasteiger partial charge in [-0.25, -0.2) is 4.79 Å². The zero-order chi connectivity index (χ0) is 11.1. The minimum atomic E-state index is -6.60. The van der Waals surface area contributed by atoms with Crippen molar-refractivity contribution in [3.8, 4) is 0 Å². The molecule has 0 amide bonds. The molecule has 0 saturated heterocycles. The second-order valence-corrected chi connectivity index (χ2v) is 1.95. The average Bonchev–Trinajstić information content (AvgIpc) is 1.84. The summed E-state index contributed by atoms with van der Waals surface area (Å²) in [6.45, 7) is 0. The van der Waals surface area contributed by atoms with Crippen molar-refractivity contribution >= 4 is 43.7 Å². The summed E-state index contributed by atoms with van der Waals surface area (Å²) >= 11 is 0. The van der Waals surface area contributed by atoms with Crippen LogP contribution >= 0.6 is 0 Å². The van der Waals surface area contributed by atoms with Crippen LogP contribution in [0.1, 0.15) is 0 Å². The van der Waals surface area contributed by atoms with Gasteiger partial charge in [0.15, 0.2) is 0 Å². The third-order valence-corrected chi connectivity index (χ3v) is 1.02. The van der Waals surface area contributed by atoms with Crippen LogP contribution in [0, 0.1) is 0 Å². The van der Waals surface area contributed by atoms with E-state index in [-0.39, 0.29) is 37.7 Å². The SMILES string of the molecule is O=C(O)C(F)(F)C(F)(F)C(F)(F)F.[CaH2]. The standard InChI is InChI=1S/C4HF7O2.Ca.2H/c5-2(6,1(12)13)3(7,8)4(9,10)11;;;/h(H,12,13);;;. The molecule has 0 atom stereocenters. The van der Waals surface area contributed by atoms with E-state index in [1.165, 1.54) is 0 Å². The number of aliphatic carboxylic acids is 1. The van der Waals surface area contributed by atoms with E-state index >= 15 is 0 Å². The van der Waals surface area contributed by atoms with E-state index in [4.69, 9.17) is 5.11 Å². The molecule has 1 N–H and O–H groups in total. The summed E-state index contributed by atoms with van der Waals surface area (Å²) < 4.78 is 80.5. The van der Waals surface area contributed by atoms with Crippen molar-refractivity contribution in [2.75, 3.05) is 0 Å². The molecule has 0 aromatic heterocycles. The van der Waals surface area contributed by atoms with Crippen LogP contribution in [0.3, 0.4) is 0 Å². The van der Waals surface area contributed by atoms with Gasteiger partial charge in [0, 0.05) is 0 Å². The second-order valence-electron chi connectivity index (χ2n) is 1.95. The van der Waals surface area contributed by atoms with Crippen LogP contribution in [0.5, 0.6) is 0 Å². The summed E-state index contributed by atoms with van der Waals surface area (Å²) in [7, 11) is 0. The van der Waals surface area contributed by atoms with Crippen LogP contribution in [-0.4, -0.2) is 66.8 Å². The number of hydrogen-bond acceptors (Lipinski definition) is 1. The third-order valence-electron chi connectivity index (χ3n) is 1.02. The van der Waals surface area contributed by atoms with Crippen LogP contribution in [0.25, 0.3) is 0 Å². The Labute approximate surface area is 102 Å². The van der Waals surface area contributed by atoms with Gasteiger partial charge in [0.2, 0.25) is 0 Å². The van der Waals surface area contributed by atoms with Crippen LogP contribution in [0.4, 0.5) is 30.7 Å². The predicted octanol–water partition coefficient (Wildman–Crippen LogP) is 0.988. The predicted molar refractivity (Wildman–Crippen MR) is 32.1 cm³/mol. The summed E-state index contributed by atoms with van der Waals surface area (Å²) in [5.41, 5.74) is 0. The average molecular weight is 256 g/mol. The van der Waals surface area contributed by atoms with Crippen molar-refractivity contribution < 1.29 is 40.6 Å². The summed E-state index contributed by atoms with van der Waals surface area (Å²) in [6.07, 6.45) is -6.60. The van der Waals surface area contributed by atoms with Gasteiger partial charge in [0.25, 0.3) is 0 Å². The molecule has 10 heteroatoms. The van der Waals surface area contributed by atoms with E-state index in [1.807, 2.05) is 0 Å². The fourth-order valence-corrected chi connectivity index (χ4v) is 0.312. The summed E-state index contributed by atoms with van der Waals surface area (Å²) in [5.74, 6) is -16.3. The number of carboxylic acids is 1. The maximum atomic E-state index is 11.8. The zero-order valence-electron chi connectivity index (χ0n) is 5.50. The van der Waals surface area contributed by atoms with Crippen LogP contribution in [0.2, 0.25) is 0 Å². The van der Waals surface area contributed by atoms with E-state index in [2.05, 4.69) is 0 Å². The van der Waals surface area contributed by atoms with Gasteiger partial charge < -0.3 is 5.11 Å². The first-order valence-corrected chi connectivity index (χ1v) is 2.50. The molecule has 0 aliphatic rings. The molecule has 0 saturated carbocycles. The van der Waals surface area contributed by atoms with Gasteiger partial charge in [-0.1, -0.05) is 0 Å². The van der Waals surface area contributed by atoms with E-state index in [1.54, 1.807) is 0 Å². The maximum absolute atomic E-state index is 11.8. The molecule has 0 bridgehead atoms. The molecule has 0 rings (SSSR count). The first-order valence-electron chi connectivity index (χ1n) is 2.50. The van der Waals surface area contributed by atoms with Gasteiger partial charge in [-0.15, -0.1) is 0 Å². The summed E-state index contributed by atoms with van der Waals surface area (Å²) in [5, 5.41) is 7.41. The van der Waals surface area contributed by atoms with Gasteiger partial charge in [0.05, 0.1) is 0 Å². The van der Waals surface area contributed by atoms with Crippen molar-refractivity contribution in [1.29, 1.82) is 0 Å². The van der Waals surface area contributed by atoms with Crippen LogP contribution < -0.4 is 0 Å². The first-order chi connectivity index (χ1) is 5.44. The van der Waals surface area contributed by atoms with E-state index in [9.17, 15) is 35.5 Å². The van der Waals surface area contributed by atoms with Gasteiger partial charge in [-0.05, 0) is 0 Å². The number of rotatable bonds is 2. The number of carbonyl (C=O) groups is 1. The quantitative estimate of drug-likeness (QED) is 0.591. The Morgan fingerprint density at radius 1 is 0.929 bits per heavy atom.